The smallest absolute Gasteiger partial charge is 0.258 e. The van der Waals surface area contributed by atoms with Crippen molar-refractivity contribution < 1.29 is 14.3 Å². The Morgan fingerprint density at radius 1 is 0.971 bits per heavy atom. The number of hydrogen-bond donors (Lipinski definition) is 0. The van der Waals surface area contributed by atoms with Crippen LogP contribution in [-0.2, 0) is 6.54 Å². The summed E-state index contributed by atoms with van der Waals surface area (Å²) in [6.45, 7) is 4.66. The van der Waals surface area contributed by atoms with Gasteiger partial charge in [0.15, 0.2) is 0 Å². The first-order valence-corrected chi connectivity index (χ1v) is 11.9. The Morgan fingerprint density at radius 3 is 2.21 bits per heavy atom. The molecular weight excluding hydrogens is 448 g/mol. The number of anilines is 1. The number of carbonyl (C=O) groups excluding carboxylic acids is 1. The summed E-state index contributed by atoms with van der Waals surface area (Å²) in [6, 6.07) is 21.5. The van der Waals surface area contributed by atoms with Gasteiger partial charge >= 0.3 is 0 Å². The van der Waals surface area contributed by atoms with E-state index in [4.69, 9.17) is 21.1 Å². The van der Waals surface area contributed by atoms with Gasteiger partial charge in [-0.2, -0.15) is 0 Å². The molecule has 0 atom stereocenters. The van der Waals surface area contributed by atoms with E-state index in [0.29, 0.717) is 10.6 Å². The molecule has 0 bridgehead atoms. The quantitative estimate of drug-likeness (QED) is 0.419. The highest BCUT2D eigenvalue weighted by Gasteiger charge is 2.30. The SMILES string of the molecule is COc1cc(CN2CCC(N(C(=O)c3cccc(Cl)c3)c3ccc(C)cc3)CC2)cc(OC)c1. The first-order valence-electron chi connectivity index (χ1n) is 11.6. The van der Waals surface area contributed by atoms with Gasteiger partial charge in [-0.3, -0.25) is 9.69 Å². The third-order valence-electron chi connectivity index (χ3n) is 6.34. The van der Waals surface area contributed by atoms with E-state index in [2.05, 4.69) is 36.1 Å². The largest absolute Gasteiger partial charge is 0.497 e. The predicted molar refractivity (Wildman–Crippen MR) is 137 cm³/mol. The third-order valence-corrected chi connectivity index (χ3v) is 6.58. The molecule has 0 N–H and O–H groups in total. The number of ether oxygens (including phenoxy) is 2. The highest BCUT2D eigenvalue weighted by molar-refractivity contribution is 6.31. The van der Waals surface area contributed by atoms with Crippen molar-refractivity contribution in [3.05, 3.63) is 88.4 Å². The summed E-state index contributed by atoms with van der Waals surface area (Å²) in [5, 5.41) is 0.568. The Labute approximate surface area is 206 Å². The third kappa shape index (κ3) is 5.72. The molecule has 0 spiro atoms. The van der Waals surface area contributed by atoms with Crippen LogP contribution in [0.5, 0.6) is 11.5 Å². The van der Waals surface area contributed by atoms with Crippen molar-refractivity contribution in [2.75, 3.05) is 32.2 Å². The number of likely N-dealkylation sites (tertiary alicyclic amines) is 1. The Bertz CT molecular complexity index is 1100. The monoisotopic (exact) mass is 478 g/mol. The molecule has 4 rings (SSSR count). The molecule has 3 aromatic carbocycles. The van der Waals surface area contributed by atoms with E-state index in [1.807, 2.05) is 35.2 Å². The molecule has 1 heterocycles. The van der Waals surface area contributed by atoms with Crippen LogP contribution in [0.25, 0.3) is 0 Å². The maximum absolute atomic E-state index is 13.6. The van der Waals surface area contributed by atoms with E-state index >= 15 is 0 Å². The molecule has 1 aliphatic rings. The van der Waals surface area contributed by atoms with Gasteiger partial charge in [-0.15, -0.1) is 0 Å². The van der Waals surface area contributed by atoms with Crippen molar-refractivity contribution in [3.8, 4) is 11.5 Å². The van der Waals surface area contributed by atoms with Gasteiger partial charge in [-0.1, -0.05) is 35.4 Å². The summed E-state index contributed by atoms with van der Waals surface area (Å²) >= 11 is 6.19. The van der Waals surface area contributed by atoms with Crippen molar-refractivity contribution in [2.45, 2.75) is 32.4 Å². The molecule has 5 nitrogen and oxygen atoms in total. The number of nitrogens with zero attached hydrogens (tertiary/aromatic N) is 2. The van der Waals surface area contributed by atoms with Crippen molar-refractivity contribution in [2.24, 2.45) is 0 Å². The summed E-state index contributed by atoms with van der Waals surface area (Å²) in [7, 11) is 3.33. The summed E-state index contributed by atoms with van der Waals surface area (Å²) in [5.41, 5.74) is 3.85. The summed E-state index contributed by atoms with van der Waals surface area (Å²) < 4.78 is 10.8. The van der Waals surface area contributed by atoms with E-state index in [9.17, 15) is 4.79 Å². The summed E-state index contributed by atoms with van der Waals surface area (Å²) in [4.78, 5) is 18.0. The zero-order valence-electron chi connectivity index (χ0n) is 20.0. The second kappa shape index (κ2) is 10.9. The van der Waals surface area contributed by atoms with Gasteiger partial charge in [-0.25, -0.2) is 0 Å². The normalized spacial score (nSPS) is 14.6. The number of hydrogen-bond acceptors (Lipinski definition) is 4. The molecule has 1 saturated heterocycles. The fourth-order valence-corrected chi connectivity index (χ4v) is 4.70. The van der Waals surface area contributed by atoms with Crippen LogP contribution in [-0.4, -0.2) is 44.2 Å². The van der Waals surface area contributed by atoms with E-state index < -0.39 is 0 Å². The predicted octanol–water partition coefficient (Wildman–Crippen LogP) is 5.98. The van der Waals surface area contributed by atoms with Crippen molar-refractivity contribution in [1.82, 2.24) is 4.90 Å². The second-order valence-corrected chi connectivity index (χ2v) is 9.19. The highest BCUT2D eigenvalue weighted by Crippen LogP contribution is 2.29. The van der Waals surface area contributed by atoms with Crippen LogP contribution < -0.4 is 14.4 Å². The van der Waals surface area contributed by atoms with Crippen LogP contribution in [0.4, 0.5) is 5.69 Å². The molecule has 0 saturated carbocycles. The lowest BCUT2D eigenvalue weighted by Crippen LogP contribution is -2.47. The number of amides is 1. The molecule has 1 fully saturated rings. The van der Waals surface area contributed by atoms with Crippen molar-refractivity contribution in [1.29, 1.82) is 0 Å². The molecule has 34 heavy (non-hydrogen) atoms. The average Bonchev–Trinajstić information content (AvgIpc) is 2.86. The minimum absolute atomic E-state index is 0.0117. The lowest BCUT2D eigenvalue weighted by Gasteiger charge is -2.39. The second-order valence-electron chi connectivity index (χ2n) is 8.75. The molecule has 0 aliphatic carbocycles. The molecule has 1 amide bonds. The van der Waals surface area contributed by atoms with Crippen LogP contribution in [0.3, 0.4) is 0 Å². The zero-order valence-corrected chi connectivity index (χ0v) is 20.7. The number of aryl methyl sites for hydroxylation is 1. The molecular formula is C28H31ClN2O3. The number of methoxy groups -OCH3 is 2. The molecule has 0 aromatic heterocycles. The van der Waals surface area contributed by atoms with Crippen LogP contribution in [0.15, 0.2) is 66.7 Å². The first kappa shape index (κ1) is 24.1. The zero-order chi connectivity index (χ0) is 24.1. The van der Waals surface area contributed by atoms with Crippen LogP contribution in [0.1, 0.15) is 34.3 Å². The average molecular weight is 479 g/mol. The summed E-state index contributed by atoms with van der Waals surface area (Å²) in [5.74, 6) is 1.58. The van der Waals surface area contributed by atoms with Crippen LogP contribution >= 0.6 is 11.6 Å². The minimum atomic E-state index is -0.0117. The number of piperidine rings is 1. The van der Waals surface area contributed by atoms with E-state index in [1.54, 1.807) is 26.4 Å². The lowest BCUT2D eigenvalue weighted by molar-refractivity contribution is 0.0958. The van der Waals surface area contributed by atoms with Gasteiger partial charge in [0.25, 0.3) is 5.91 Å². The van der Waals surface area contributed by atoms with Gasteiger partial charge in [-0.05, 0) is 67.8 Å². The van der Waals surface area contributed by atoms with Crippen LogP contribution in [0.2, 0.25) is 5.02 Å². The number of carbonyl (C=O) groups is 1. The molecule has 6 heteroatoms. The Morgan fingerprint density at radius 2 is 1.62 bits per heavy atom. The van der Waals surface area contributed by atoms with Gasteiger partial charge in [0.1, 0.15) is 11.5 Å². The van der Waals surface area contributed by atoms with Gasteiger partial charge in [0.05, 0.1) is 14.2 Å². The molecule has 1 aliphatic heterocycles. The number of benzene rings is 3. The van der Waals surface area contributed by atoms with E-state index in [0.717, 1.165) is 55.2 Å². The highest BCUT2D eigenvalue weighted by atomic mass is 35.5. The lowest BCUT2D eigenvalue weighted by atomic mass is 10.00. The molecule has 0 unspecified atom stereocenters. The fraction of sp³-hybridized carbons (Fsp3) is 0.321. The van der Waals surface area contributed by atoms with E-state index in [-0.39, 0.29) is 11.9 Å². The maximum Gasteiger partial charge on any atom is 0.258 e. The number of rotatable bonds is 7. The number of halogens is 1. The summed E-state index contributed by atoms with van der Waals surface area (Å²) in [6.07, 6.45) is 1.78. The Balaban J connectivity index is 1.51. The van der Waals surface area contributed by atoms with Crippen LogP contribution in [0, 0.1) is 6.92 Å². The first-order chi connectivity index (χ1) is 16.5. The molecule has 3 aromatic rings. The minimum Gasteiger partial charge on any atom is -0.497 e. The van der Waals surface area contributed by atoms with Gasteiger partial charge in [0.2, 0.25) is 0 Å². The standard InChI is InChI=1S/C28H31ClN2O3/c1-20-7-9-24(10-8-20)31(28(32)22-5-4-6-23(29)17-22)25-11-13-30(14-12-25)19-21-15-26(33-2)18-27(16-21)34-3/h4-10,15-18,25H,11-14,19H2,1-3H3. The Kier molecular flexibility index (Phi) is 7.76. The Hall–Kier alpha value is -3.02. The van der Waals surface area contributed by atoms with Crippen molar-refractivity contribution >= 4 is 23.2 Å². The van der Waals surface area contributed by atoms with E-state index in [1.165, 1.54) is 5.56 Å². The van der Waals surface area contributed by atoms with Gasteiger partial charge < -0.3 is 14.4 Å². The fourth-order valence-electron chi connectivity index (χ4n) is 4.51. The topological polar surface area (TPSA) is 42.0 Å². The van der Waals surface area contributed by atoms with Crippen molar-refractivity contribution in [3.63, 3.8) is 0 Å². The molecule has 0 radical (unpaired) electrons. The maximum atomic E-state index is 13.6. The van der Waals surface area contributed by atoms with Gasteiger partial charge in [0, 0.05) is 48.0 Å². The molecule has 178 valence electrons.